The van der Waals surface area contributed by atoms with E-state index in [1.54, 1.807) is 13.1 Å². The maximum Gasteiger partial charge on any atom is 0.274 e. The Morgan fingerprint density at radius 2 is 2.11 bits per heavy atom. The number of nitrogens with one attached hydrogen (secondary N) is 2. The Bertz CT molecular complexity index is 498. The predicted molar refractivity (Wildman–Crippen MR) is 68.7 cm³/mol. The lowest BCUT2D eigenvalue weighted by molar-refractivity contribution is 0.212. The molecule has 0 saturated heterocycles. The molecule has 1 fully saturated rings. The molecule has 6 heteroatoms. The van der Waals surface area contributed by atoms with E-state index < -0.39 is 10.0 Å². The van der Waals surface area contributed by atoms with Gasteiger partial charge in [-0.05, 0) is 44.9 Å². The summed E-state index contributed by atoms with van der Waals surface area (Å²) in [5.74, 6) is 0.622. The third-order valence-corrected chi connectivity index (χ3v) is 5.04. The summed E-state index contributed by atoms with van der Waals surface area (Å²) in [7, 11) is -1.75. The van der Waals surface area contributed by atoms with E-state index in [9.17, 15) is 8.42 Å². The van der Waals surface area contributed by atoms with Crippen LogP contribution in [0.15, 0.2) is 21.6 Å². The standard InChI is InChI=1S/C12H20N2O3S/c1-3-12(7-4-8-12)14-18(15,16)11-6-5-10(17-11)9-13-2/h5-6,13-14H,3-4,7-9H2,1-2H3. The van der Waals surface area contributed by atoms with Gasteiger partial charge in [-0.1, -0.05) is 6.92 Å². The van der Waals surface area contributed by atoms with Gasteiger partial charge in [0.15, 0.2) is 0 Å². The van der Waals surface area contributed by atoms with E-state index in [1.165, 1.54) is 6.07 Å². The first-order chi connectivity index (χ1) is 8.51. The van der Waals surface area contributed by atoms with E-state index in [0.717, 1.165) is 25.7 Å². The highest BCUT2D eigenvalue weighted by Crippen LogP contribution is 2.36. The molecule has 0 amide bonds. The fourth-order valence-electron chi connectivity index (χ4n) is 2.24. The van der Waals surface area contributed by atoms with E-state index in [0.29, 0.717) is 12.3 Å². The van der Waals surface area contributed by atoms with Crippen LogP contribution in [0.3, 0.4) is 0 Å². The van der Waals surface area contributed by atoms with Gasteiger partial charge >= 0.3 is 0 Å². The van der Waals surface area contributed by atoms with Gasteiger partial charge in [0, 0.05) is 5.54 Å². The molecule has 1 aliphatic rings. The first-order valence-corrected chi connectivity index (χ1v) is 7.77. The van der Waals surface area contributed by atoms with E-state index >= 15 is 0 Å². The van der Waals surface area contributed by atoms with Crippen LogP contribution in [0.4, 0.5) is 0 Å². The molecule has 102 valence electrons. The van der Waals surface area contributed by atoms with Crippen LogP contribution < -0.4 is 10.0 Å². The fraction of sp³-hybridized carbons (Fsp3) is 0.667. The molecule has 1 aromatic heterocycles. The zero-order chi connectivity index (χ0) is 13.2. The second kappa shape index (κ2) is 5.03. The third-order valence-electron chi connectivity index (χ3n) is 3.59. The van der Waals surface area contributed by atoms with E-state index in [-0.39, 0.29) is 10.6 Å². The SMILES string of the molecule is CCC1(NS(=O)(=O)c2ccc(CNC)o2)CCC1. The van der Waals surface area contributed by atoms with E-state index in [1.807, 2.05) is 6.92 Å². The van der Waals surface area contributed by atoms with Gasteiger partial charge in [-0.25, -0.2) is 13.1 Å². The highest BCUT2D eigenvalue weighted by atomic mass is 32.2. The fourth-order valence-corrected chi connectivity index (χ4v) is 3.72. The van der Waals surface area contributed by atoms with Crippen LogP contribution in [0.5, 0.6) is 0 Å². The van der Waals surface area contributed by atoms with Gasteiger partial charge in [-0.2, -0.15) is 0 Å². The average molecular weight is 272 g/mol. The van der Waals surface area contributed by atoms with Crippen molar-refractivity contribution in [1.82, 2.24) is 10.0 Å². The smallest absolute Gasteiger partial charge is 0.274 e. The van der Waals surface area contributed by atoms with Gasteiger partial charge in [0.05, 0.1) is 6.54 Å². The lowest BCUT2D eigenvalue weighted by Crippen LogP contribution is -2.52. The van der Waals surface area contributed by atoms with E-state index in [4.69, 9.17) is 4.42 Å². The van der Waals surface area contributed by atoms with Crippen LogP contribution >= 0.6 is 0 Å². The number of hydrogen-bond acceptors (Lipinski definition) is 4. The van der Waals surface area contributed by atoms with Crippen molar-refractivity contribution in [3.05, 3.63) is 17.9 Å². The lowest BCUT2D eigenvalue weighted by Gasteiger charge is -2.41. The molecular weight excluding hydrogens is 252 g/mol. The minimum atomic E-state index is -3.53. The summed E-state index contributed by atoms with van der Waals surface area (Å²) in [6.07, 6.45) is 3.72. The minimum Gasteiger partial charge on any atom is -0.447 e. The molecular formula is C12H20N2O3S. The van der Waals surface area contributed by atoms with Crippen molar-refractivity contribution < 1.29 is 12.8 Å². The molecule has 18 heavy (non-hydrogen) atoms. The van der Waals surface area contributed by atoms with Gasteiger partial charge in [0.1, 0.15) is 5.76 Å². The van der Waals surface area contributed by atoms with Gasteiger partial charge in [0.2, 0.25) is 5.09 Å². The van der Waals surface area contributed by atoms with Crippen LogP contribution in [0, 0.1) is 0 Å². The zero-order valence-corrected chi connectivity index (χ0v) is 11.6. The molecule has 1 aliphatic carbocycles. The van der Waals surface area contributed by atoms with Crippen LogP contribution in [-0.2, 0) is 16.6 Å². The van der Waals surface area contributed by atoms with Crippen molar-refractivity contribution >= 4 is 10.0 Å². The van der Waals surface area contributed by atoms with Gasteiger partial charge in [-0.15, -0.1) is 0 Å². The summed E-state index contributed by atoms with van der Waals surface area (Å²) in [4.78, 5) is 0. The Balaban J connectivity index is 2.14. The summed E-state index contributed by atoms with van der Waals surface area (Å²) in [5, 5.41) is 2.93. The molecule has 0 unspecified atom stereocenters. The van der Waals surface area contributed by atoms with Crippen LogP contribution in [0.25, 0.3) is 0 Å². The molecule has 0 radical (unpaired) electrons. The van der Waals surface area contributed by atoms with Gasteiger partial charge in [0.25, 0.3) is 10.0 Å². The predicted octanol–water partition coefficient (Wildman–Crippen LogP) is 1.61. The molecule has 2 rings (SSSR count). The summed E-state index contributed by atoms with van der Waals surface area (Å²) in [6, 6.07) is 3.20. The molecule has 0 spiro atoms. The zero-order valence-electron chi connectivity index (χ0n) is 10.8. The van der Waals surface area contributed by atoms with Crippen molar-refractivity contribution in [3.8, 4) is 0 Å². The largest absolute Gasteiger partial charge is 0.447 e. The Kier molecular flexibility index (Phi) is 3.79. The normalized spacial score (nSPS) is 18.6. The van der Waals surface area contributed by atoms with Gasteiger partial charge in [-0.3, -0.25) is 0 Å². The summed E-state index contributed by atoms with van der Waals surface area (Å²) < 4.78 is 32.5. The monoisotopic (exact) mass is 272 g/mol. The number of sulfonamides is 1. The molecule has 0 atom stereocenters. The molecule has 0 bridgehead atoms. The summed E-state index contributed by atoms with van der Waals surface area (Å²) in [5.41, 5.74) is -0.255. The lowest BCUT2D eigenvalue weighted by atomic mass is 9.76. The van der Waals surface area contributed by atoms with E-state index in [2.05, 4.69) is 10.0 Å². The van der Waals surface area contributed by atoms with Crippen LogP contribution in [-0.4, -0.2) is 21.0 Å². The molecule has 1 aromatic rings. The average Bonchev–Trinajstić information content (AvgIpc) is 2.73. The molecule has 1 saturated carbocycles. The second-order valence-corrected chi connectivity index (χ2v) is 6.46. The molecule has 0 aromatic carbocycles. The topological polar surface area (TPSA) is 71.3 Å². The van der Waals surface area contributed by atoms with Crippen molar-refractivity contribution in [2.75, 3.05) is 7.05 Å². The molecule has 2 N–H and O–H groups in total. The minimum absolute atomic E-state index is 0.00692. The van der Waals surface area contributed by atoms with Crippen molar-refractivity contribution in [2.45, 2.75) is 49.8 Å². The summed E-state index contributed by atoms with van der Waals surface area (Å²) in [6.45, 7) is 2.53. The van der Waals surface area contributed by atoms with Crippen LogP contribution in [0.2, 0.25) is 0 Å². The number of furan rings is 1. The first-order valence-electron chi connectivity index (χ1n) is 6.29. The maximum absolute atomic E-state index is 12.2. The summed E-state index contributed by atoms with van der Waals surface area (Å²) >= 11 is 0. The second-order valence-electron chi connectivity index (χ2n) is 4.84. The Morgan fingerprint density at radius 1 is 1.39 bits per heavy atom. The van der Waals surface area contributed by atoms with Crippen molar-refractivity contribution in [2.24, 2.45) is 0 Å². The van der Waals surface area contributed by atoms with Gasteiger partial charge < -0.3 is 9.73 Å². The first kappa shape index (κ1) is 13.6. The Morgan fingerprint density at radius 3 is 2.61 bits per heavy atom. The van der Waals surface area contributed by atoms with Crippen molar-refractivity contribution in [1.29, 1.82) is 0 Å². The molecule has 1 heterocycles. The highest BCUT2D eigenvalue weighted by molar-refractivity contribution is 7.89. The molecule has 0 aliphatic heterocycles. The van der Waals surface area contributed by atoms with Crippen molar-refractivity contribution in [3.63, 3.8) is 0 Å². The Hall–Kier alpha value is -0.850. The Labute approximate surface area is 108 Å². The third kappa shape index (κ3) is 2.60. The molecule has 5 nitrogen and oxygen atoms in total. The van der Waals surface area contributed by atoms with Crippen LogP contribution in [0.1, 0.15) is 38.4 Å². The maximum atomic E-state index is 12.2. The number of hydrogen-bond donors (Lipinski definition) is 2. The highest BCUT2D eigenvalue weighted by Gasteiger charge is 2.39. The number of rotatable bonds is 6. The quantitative estimate of drug-likeness (QED) is 0.825.